The van der Waals surface area contributed by atoms with Crippen molar-refractivity contribution in [3.05, 3.63) is 59.9 Å². The van der Waals surface area contributed by atoms with E-state index in [0.29, 0.717) is 11.3 Å². The summed E-state index contributed by atoms with van der Waals surface area (Å²) in [6.07, 6.45) is -3.17. The largest absolute Gasteiger partial charge is 0.488 e. The summed E-state index contributed by atoms with van der Waals surface area (Å²) >= 11 is 0. The van der Waals surface area contributed by atoms with Crippen LogP contribution in [0, 0.1) is 5.82 Å². The maximum absolute atomic E-state index is 14.3. The van der Waals surface area contributed by atoms with E-state index >= 15 is 0 Å². The summed E-state index contributed by atoms with van der Waals surface area (Å²) < 4.78 is 61.7. The molecule has 0 radical (unpaired) electrons. The van der Waals surface area contributed by atoms with Crippen LogP contribution in [0.15, 0.2) is 47.1 Å². The van der Waals surface area contributed by atoms with Crippen molar-refractivity contribution in [1.82, 2.24) is 20.3 Å². The van der Waals surface area contributed by atoms with Gasteiger partial charge in [0, 0.05) is 0 Å². The van der Waals surface area contributed by atoms with E-state index in [1.165, 1.54) is 12.1 Å². The van der Waals surface area contributed by atoms with Gasteiger partial charge in [0.2, 0.25) is 5.82 Å². The van der Waals surface area contributed by atoms with Crippen molar-refractivity contribution in [3.63, 3.8) is 0 Å². The van der Waals surface area contributed by atoms with Gasteiger partial charge in [-0.15, -0.1) is 0 Å². The Morgan fingerprint density at radius 1 is 1.15 bits per heavy atom. The quantitative estimate of drug-likeness (QED) is 0.534. The fraction of sp³-hybridized carbons (Fsp3) is 0.118. The molecule has 0 amide bonds. The van der Waals surface area contributed by atoms with E-state index in [-0.39, 0.29) is 12.2 Å². The van der Waals surface area contributed by atoms with Gasteiger partial charge in [0.05, 0.1) is 22.7 Å². The van der Waals surface area contributed by atoms with E-state index in [0.717, 1.165) is 17.0 Å². The number of benzene rings is 2. The third-order valence-corrected chi connectivity index (χ3v) is 3.78. The van der Waals surface area contributed by atoms with Crippen molar-refractivity contribution < 1.29 is 26.8 Å². The van der Waals surface area contributed by atoms with Gasteiger partial charge in [-0.05, 0) is 29.8 Å². The summed E-state index contributed by atoms with van der Waals surface area (Å²) in [5.74, 6) is -2.22. The van der Waals surface area contributed by atoms with Crippen LogP contribution in [0.25, 0.3) is 22.3 Å². The van der Waals surface area contributed by atoms with Crippen LogP contribution in [0.1, 0.15) is 11.5 Å². The van der Waals surface area contributed by atoms with Gasteiger partial charge in [-0.3, -0.25) is 5.10 Å². The highest BCUT2D eigenvalue weighted by Gasteiger charge is 2.38. The lowest BCUT2D eigenvalue weighted by Gasteiger charge is -2.08. The van der Waals surface area contributed by atoms with Crippen LogP contribution in [0.5, 0.6) is 5.75 Å². The fourth-order valence-electron chi connectivity index (χ4n) is 2.51. The Bertz CT molecular complexity index is 1100. The molecule has 0 bridgehead atoms. The van der Waals surface area contributed by atoms with Gasteiger partial charge in [0.25, 0.3) is 0 Å². The zero-order valence-corrected chi connectivity index (χ0v) is 13.4. The van der Waals surface area contributed by atoms with Crippen molar-refractivity contribution in [2.75, 3.05) is 0 Å². The molecule has 0 spiro atoms. The van der Waals surface area contributed by atoms with E-state index in [4.69, 9.17) is 4.74 Å². The SMILES string of the molecule is Fc1cc(COc2cccc3[nH]ncc23)ccc1-c1noc(C(F)(F)F)n1. The summed E-state index contributed by atoms with van der Waals surface area (Å²) in [4.78, 5) is 3.18. The average molecular weight is 378 g/mol. The van der Waals surface area contributed by atoms with Crippen LogP contribution in [0.4, 0.5) is 17.6 Å². The molecular formula is C17H10F4N4O2. The van der Waals surface area contributed by atoms with Gasteiger partial charge in [-0.25, -0.2) is 4.39 Å². The first-order chi connectivity index (χ1) is 12.9. The molecule has 27 heavy (non-hydrogen) atoms. The molecule has 0 unspecified atom stereocenters. The molecule has 0 fully saturated rings. The topological polar surface area (TPSA) is 76.8 Å². The molecule has 4 rings (SSSR count). The smallest absolute Gasteiger partial charge is 0.471 e. The Morgan fingerprint density at radius 2 is 2.00 bits per heavy atom. The minimum Gasteiger partial charge on any atom is -0.488 e. The highest BCUT2D eigenvalue weighted by molar-refractivity contribution is 5.84. The third kappa shape index (κ3) is 3.33. The molecule has 0 aliphatic carbocycles. The van der Waals surface area contributed by atoms with Crippen molar-refractivity contribution >= 4 is 10.9 Å². The number of aromatic nitrogens is 4. The first kappa shape index (κ1) is 17.0. The molecule has 1 N–H and O–H groups in total. The molecule has 0 aliphatic heterocycles. The van der Waals surface area contributed by atoms with Gasteiger partial charge in [-0.2, -0.15) is 23.3 Å². The Balaban J connectivity index is 1.53. The van der Waals surface area contributed by atoms with Gasteiger partial charge in [0.1, 0.15) is 18.2 Å². The predicted octanol–water partition coefficient (Wildman–Crippen LogP) is 4.35. The molecule has 2 aromatic heterocycles. The van der Waals surface area contributed by atoms with Crippen molar-refractivity contribution in [2.45, 2.75) is 12.8 Å². The Morgan fingerprint density at radius 3 is 2.74 bits per heavy atom. The number of ether oxygens (including phenoxy) is 1. The predicted molar refractivity (Wildman–Crippen MR) is 85.1 cm³/mol. The van der Waals surface area contributed by atoms with Crippen molar-refractivity contribution in [2.24, 2.45) is 0 Å². The summed E-state index contributed by atoms with van der Waals surface area (Å²) in [5.41, 5.74) is 1.08. The number of aromatic amines is 1. The molecule has 6 nitrogen and oxygen atoms in total. The number of nitrogens with zero attached hydrogens (tertiary/aromatic N) is 3. The number of hydrogen-bond donors (Lipinski definition) is 1. The minimum absolute atomic E-state index is 0.0571. The number of alkyl halides is 3. The normalized spacial score (nSPS) is 11.9. The van der Waals surface area contributed by atoms with E-state index in [9.17, 15) is 17.6 Å². The molecular weight excluding hydrogens is 368 g/mol. The molecule has 138 valence electrons. The van der Waals surface area contributed by atoms with Gasteiger partial charge in [0.15, 0.2) is 0 Å². The first-order valence-corrected chi connectivity index (χ1v) is 7.66. The maximum atomic E-state index is 14.3. The van der Waals surface area contributed by atoms with Crippen molar-refractivity contribution in [1.29, 1.82) is 0 Å². The second-order valence-corrected chi connectivity index (χ2v) is 5.61. The minimum atomic E-state index is -4.79. The van der Waals surface area contributed by atoms with Crippen LogP contribution >= 0.6 is 0 Å². The molecule has 0 atom stereocenters. The highest BCUT2D eigenvalue weighted by Crippen LogP contribution is 2.30. The Kier molecular flexibility index (Phi) is 4.02. The highest BCUT2D eigenvalue weighted by atomic mass is 19.4. The standard InChI is InChI=1S/C17H10F4N4O2/c18-12-6-9(8-26-14-3-1-2-13-11(14)7-22-24-13)4-5-10(12)15-23-16(27-25-15)17(19,20)21/h1-7H,8H2,(H,22,24). The molecule has 0 aliphatic rings. The van der Waals surface area contributed by atoms with Gasteiger partial charge in [-0.1, -0.05) is 17.3 Å². The summed E-state index contributed by atoms with van der Waals surface area (Å²) in [5, 5.41) is 10.7. The number of halogens is 4. The first-order valence-electron chi connectivity index (χ1n) is 7.66. The maximum Gasteiger partial charge on any atom is 0.471 e. The number of fused-ring (bicyclic) bond motifs is 1. The van der Waals surface area contributed by atoms with Crippen LogP contribution in [0.3, 0.4) is 0 Å². The molecule has 0 saturated carbocycles. The van der Waals surface area contributed by atoms with E-state index in [1.807, 2.05) is 6.07 Å². The number of hydrogen-bond acceptors (Lipinski definition) is 5. The van der Waals surface area contributed by atoms with Gasteiger partial charge < -0.3 is 9.26 Å². The second kappa shape index (κ2) is 6.38. The molecule has 0 saturated heterocycles. The summed E-state index contributed by atoms with van der Waals surface area (Å²) in [7, 11) is 0. The zero-order chi connectivity index (χ0) is 19.0. The van der Waals surface area contributed by atoms with Crippen molar-refractivity contribution in [3.8, 4) is 17.1 Å². The molecule has 10 heteroatoms. The Hall–Kier alpha value is -3.43. The van der Waals surface area contributed by atoms with E-state index in [2.05, 4.69) is 24.9 Å². The summed E-state index contributed by atoms with van der Waals surface area (Å²) in [6.45, 7) is 0.0571. The van der Waals surface area contributed by atoms with Crippen LogP contribution in [0.2, 0.25) is 0 Å². The Labute approximate surface area is 148 Å². The molecule has 2 heterocycles. The number of nitrogens with one attached hydrogen (secondary N) is 1. The third-order valence-electron chi connectivity index (χ3n) is 3.78. The second-order valence-electron chi connectivity index (χ2n) is 5.61. The number of H-pyrrole nitrogens is 1. The van der Waals surface area contributed by atoms with Gasteiger partial charge >= 0.3 is 12.1 Å². The monoisotopic (exact) mass is 378 g/mol. The lowest BCUT2D eigenvalue weighted by molar-refractivity contribution is -0.159. The van der Waals surface area contributed by atoms with Crippen LogP contribution in [-0.4, -0.2) is 20.3 Å². The zero-order valence-electron chi connectivity index (χ0n) is 13.4. The van der Waals surface area contributed by atoms with E-state index in [1.54, 1.807) is 18.3 Å². The summed E-state index contributed by atoms with van der Waals surface area (Å²) in [6, 6.07) is 9.31. The van der Waals surface area contributed by atoms with E-state index < -0.39 is 23.7 Å². The lowest BCUT2D eigenvalue weighted by atomic mass is 10.1. The fourth-order valence-corrected chi connectivity index (χ4v) is 2.51. The number of rotatable bonds is 4. The molecule has 4 aromatic rings. The van der Waals surface area contributed by atoms with Crippen LogP contribution < -0.4 is 4.74 Å². The van der Waals surface area contributed by atoms with Crippen LogP contribution in [-0.2, 0) is 12.8 Å². The lowest BCUT2D eigenvalue weighted by Crippen LogP contribution is -2.05. The molecule has 2 aromatic carbocycles. The average Bonchev–Trinajstić information content (AvgIpc) is 3.29.